The Hall–Kier alpha value is -4.21. The minimum absolute atomic E-state index is 0.103. The summed E-state index contributed by atoms with van der Waals surface area (Å²) in [6.45, 7) is 9.52. The van der Waals surface area contributed by atoms with E-state index in [0.717, 1.165) is 17.7 Å². The Balaban J connectivity index is 1.87. The number of nitrogens with one attached hydrogen (secondary N) is 1. The van der Waals surface area contributed by atoms with E-state index >= 15 is 0 Å². The highest BCUT2D eigenvalue weighted by Gasteiger charge is 2.45. The van der Waals surface area contributed by atoms with Crippen LogP contribution in [0.5, 0.6) is 5.75 Å². The third-order valence-electron chi connectivity index (χ3n) is 6.21. The summed E-state index contributed by atoms with van der Waals surface area (Å²) in [6.07, 6.45) is -4.86. The number of hydrogen-bond acceptors (Lipinski definition) is 6. The minimum atomic E-state index is -4.86. The third-order valence-corrected chi connectivity index (χ3v) is 6.21. The number of anilines is 1. The van der Waals surface area contributed by atoms with Crippen LogP contribution in [0.4, 0.5) is 19.0 Å². The maximum atomic E-state index is 14.0. The van der Waals surface area contributed by atoms with E-state index in [9.17, 15) is 22.8 Å². The van der Waals surface area contributed by atoms with Gasteiger partial charge >= 0.3 is 6.36 Å². The van der Waals surface area contributed by atoms with Gasteiger partial charge in [0.15, 0.2) is 11.6 Å². The van der Waals surface area contributed by atoms with E-state index in [1.807, 2.05) is 39.8 Å². The molecule has 1 aromatic heterocycles. The van der Waals surface area contributed by atoms with Gasteiger partial charge in [-0.05, 0) is 62.1 Å². The number of benzene rings is 2. The SMILES string of the molecule is Cc1ccc(N2C(=O)C(NC(C)C)=C(C(=O)c3ccc(C(C)C)cc3)C2c2ccc(OC(F)(F)F)cc2)nn1. The number of alkyl halides is 3. The van der Waals surface area contributed by atoms with Gasteiger partial charge in [-0.15, -0.1) is 18.3 Å². The van der Waals surface area contributed by atoms with Gasteiger partial charge in [0.2, 0.25) is 0 Å². The van der Waals surface area contributed by atoms with Crippen LogP contribution in [-0.4, -0.2) is 34.3 Å². The van der Waals surface area contributed by atoms with Crippen LogP contribution < -0.4 is 15.0 Å². The monoisotopic (exact) mass is 538 g/mol. The predicted octanol–water partition coefficient (Wildman–Crippen LogP) is 6.03. The molecule has 0 radical (unpaired) electrons. The first-order valence-corrected chi connectivity index (χ1v) is 12.5. The van der Waals surface area contributed by atoms with Crippen molar-refractivity contribution in [3.63, 3.8) is 0 Å². The molecule has 0 saturated heterocycles. The first-order valence-electron chi connectivity index (χ1n) is 12.5. The number of aryl methyl sites for hydroxylation is 1. The molecule has 1 N–H and O–H groups in total. The maximum Gasteiger partial charge on any atom is 0.573 e. The summed E-state index contributed by atoms with van der Waals surface area (Å²) < 4.78 is 42.3. The summed E-state index contributed by atoms with van der Waals surface area (Å²) in [5.41, 5.74) is 2.73. The van der Waals surface area contributed by atoms with Crippen LogP contribution in [0, 0.1) is 6.92 Å². The van der Waals surface area contributed by atoms with Crippen molar-refractivity contribution in [1.29, 1.82) is 0 Å². The van der Waals surface area contributed by atoms with Crippen LogP contribution in [0.2, 0.25) is 0 Å². The van der Waals surface area contributed by atoms with Crippen molar-refractivity contribution in [3.8, 4) is 5.75 Å². The molecule has 3 aromatic rings. The second kappa shape index (κ2) is 10.9. The lowest BCUT2D eigenvalue weighted by Crippen LogP contribution is -2.35. The summed E-state index contributed by atoms with van der Waals surface area (Å²) in [6, 6.07) is 14.4. The zero-order chi connectivity index (χ0) is 28.5. The third kappa shape index (κ3) is 6.10. The lowest BCUT2D eigenvalue weighted by molar-refractivity contribution is -0.274. The molecule has 1 atom stereocenters. The average Bonchev–Trinajstić information content (AvgIpc) is 3.15. The van der Waals surface area contributed by atoms with Gasteiger partial charge in [-0.3, -0.25) is 14.5 Å². The zero-order valence-electron chi connectivity index (χ0n) is 22.2. The molecule has 0 bridgehead atoms. The second-order valence-corrected chi connectivity index (χ2v) is 9.92. The van der Waals surface area contributed by atoms with Crippen molar-refractivity contribution < 1.29 is 27.5 Å². The van der Waals surface area contributed by atoms with E-state index in [0.29, 0.717) is 16.8 Å². The van der Waals surface area contributed by atoms with E-state index < -0.39 is 24.1 Å². The molecular weight excluding hydrogens is 509 g/mol. The molecule has 0 fully saturated rings. The van der Waals surface area contributed by atoms with Crippen molar-refractivity contribution in [2.45, 2.75) is 59.0 Å². The van der Waals surface area contributed by atoms with Crippen molar-refractivity contribution in [2.24, 2.45) is 0 Å². The number of aromatic nitrogens is 2. The molecule has 0 aliphatic carbocycles. The number of hydrogen-bond donors (Lipinski definition) is 1. The first kappa shape index (κ1) is 27.8. The molecule has 2 heterocycles. The number of carbonyl (C=O) groups is 2. The Bertz CT molecular complexity index is 1380. The van der Waals surface area contributed by atoms with E-state index in [1.54, 1.807) is 31.2 Å². The molecule has 1 aliphatic heterocycles. The van der Waals surface area contributed by atoms with Gasteiger partial charge in [-0.1, -0.05) is 50.2 Å². The Morgan fingerprint density at radius 1 is 0.949 bits per heavy atom. The van der Waals surface area contributed by atoms with Crippen molar-refractivity contribution in [2.75, 3.05) is 4.90 Å². The number of halogens is 3. The fraction of sp³-hybridized carbons (Fsp3) is 0.310. The molecule has 39 heavy (non-hydrogen) atoms. The summed E-state index contributed by atoms with van der Waals surface area (Å²) in [5.74, 6) is -0.832. The standard InChI is InChI=1S/C29H29F3N4O3/c1-16(2)19-7-9-21(10-8-19)27(37)24-25(33-17(3)4)28(38)36(23-15-6-18(5)34-35-23)26(24)20-11-13-22(14-12-20)39-29(30,31)32/h6-17,26,33H,1-5H3. The quantitative estimate of drug-likeness (QED) is 0.353. The average molecular weight is 539 g/mol. The lowest BCUT2D eigenvalue weighted by Gasteiger charge is -2.26. The fourth-order valence-corrected chi connectivity index (χ4v) is 4.38. The van der Waals surface area contributed by atoms with Crippen LogP contribution in [0.3, 0.4) is 0 Å². The number of ether oxygens (including phenoxy) is 1. The van der Waals surface area contributed by atoms with Crippen LogP contribution in [0.25, 0.3) is 0 Å². The molecule has 7 nitrogen and oxygen atoms in total. The normalized spacial score (nSPS) is 15.9. The Morgan fingerprint density at radius 3 is 2.10 bits per heavy atom. The number of rotatable bonds is 8. The van der Waals surface area contributed by atoms with Gasteiger partial charge in [0.05, 0.1) is 17.3 Å². The second-order valence-electron chi connectivity index (χ2n) is 9.92. The topological polar surface area (TPSA) is 84.4 Å². The van der Waals surface area contributed by atoms with Gasteiger partial charge < -0.3 is 10.1 Å². The highest BCUT2D eigenvalue weighted by molar-refractivity contribution is 6.21. The minimum Gasteiger partial charge on any atom is -0.406 e. The summed E-state index contributed by atoms with van der Waals surface area (Å²) >= 11 is 0. The van der Waals surface area contributed by atoms with E-state index in [1.165, 1.54) is 17.0 Å². The van der Waals surface area contributed by atoms with Crippen molar-refractivity contribution in [1.82, 2.24) is 15.5 Å². The van der Waals surface area contributed by atoms with Gasteiger partial charge in [0.1, 0.15) is 11.4 Å². The number of Topliss-reactive ketones (excluding diaryl/α,β-unsaturated/α-hetero) is 1. The molecule has 0 spiro atoms. The number of amides is 1. The maximum absolute atomic E-state index is 14.0. The number of ketones is 1. The van der Waals surface area contributed by atoms with Gasteiger partial charge in [-0.25, -0.2) is 0 Å². The Morgan fingerprint density at radius 2 is 1.59 bits per heavy atom. The molecule has 4 rings (SSSR count). The van der Waals surface area contributed by atoms with E-state index in [2.05, 4.69) is 20.3 Å². The van der Waals surface area contributed by atoms with Gasteiger partial charge in [0.25, 0.3) is 5.91 Å². The van der Waals surface area contributed by atoms with Crippen LogP contribution in [-0.2, 0) is 4.79 Å². The molecule has 1 amide bonds. The number of nitrogens with zero attached hydrogens (tertiary/aromatic N) is 3. The van der Waals surface area contributed by atoms with Crippen LogP contribution in [0.1, 0.15) is 66.8 Å². The smallest absolute Gasteiger partial charge is 0.406 e. The Kier molecular flexibility index (Phi) is 7.76. The lowest BCUT2D eigenvalue weighted by atomic mass is 9.91. The van der Waals surface area contributed by atoms with E-state index in [-0.39, 0.29) is 34.8 Å². The summed E-state index contributed by atoms with van der Waals surface area (Å²) in [4.78, 5) is 29.3. The predicted molar refractivity (Wildman–Crippen MR) is 140 cm³/mol. The van der Waals surface area contributed by atoms with Crippen molar-refractivity contribution in [3.05, 3.63) is 94.3 Å². The molecule has 2 aromatic carbocycles. The summed E-state index contributed by atoms with van der Waals surface area (Å²) in [7, 11) is 0. The molecule has 204 valence electrons. The van der Waals surface area contributed by atoms with Gasteiger partial charge in [0, 0.05) is 11.6 Å². The first-order chi connectivity index (χ1) is 18.4. The number of carbonyl (C=O) groups excluding carboxylic acids is 2. The van der Waals surface area contributed by atoms with Gasteiger partial charge in [-0.2, -0.15) is 5.10 Å². The van der Waals surface area contributed by atoms with Crippen molar-refractivity contribution >= 4 is 17.5 Å². The van der Waals surface area contributed by atoms with Crippen LogP contribution >= 0.6 is 0 Å². The molecule has 1 unspecified atom stereocenters. The summed E-state index contributed by atoms with van der Waals surface area (Å²) in [5, 5.41) is 11.4. The molecule has 0 saturated carbocycles. The molecular formula is C29H29F3N4O3. The van der Waals surface area contributed by atoms with Crippen LogP contribution in [0.15, 0.2) is 71.9 Å². The highest BCUT2D eigenvalue weighted by atomic mass is 19.4. The highest BCUT2D eigenvalue weighted by Crippen LogP contribution is 2.42. The zero-order valence-corrected chi connectivity index (χ0v) is 22.2. The fourth-order valence-electron chi connectivity index (χ4n) is 4.38. The Labute approximate surface area is 224 Å². The van der Waals surface area contributed by atoms with E-state index in [4.69, 9.17) is 0 Å². The molecule has 1 aliphatic rings. The molecule has 10 heteroatoms. The largest absolute Gasteiger partial charge is 0.573 e.